The van der Waals surface area contributed by atoms with Crippen molar-refractivity contribution < 1.29 is 9.90 Å². The van der Waals surface area contributed by atoms with Crippen LogP contribution in [0.3, 0.4) is 0 Å². The molecule has 0 aliphatic carbocycles. The maximum atomic E-state index is 11.4. The molecule has 1 aromatic carbocycles. The molecule has 0 saturated carbocycles. The lowest BCUT2D eigenvalue weighted by Crippen LogP contribution is -2.12. The van der Waals surface area contributed by atoms with Crippen molar-refractivity contribution in [2.24, 2.45) is 0 Å². The van der Waals surface area contributed by atoms with Crippen LogP contribution in [0.2, 0.25) is 0 Å². The zero-order valence-corrected chi connectivity index (χ0v) is 10.5. The highest BCUT2D eigenvalue weighted by Crippen LogP contribution is 2.22. The second-order valence-corrected chi connectivity index (χ2v) is 4.43. The summed E-state index contributed by atoms with van der Waals surface area (Å²) in [5, 5.41) is 9.32. The van der Waals surface area contributed by atoms with Crippen LogP contribution in [0.1, 0.15) is 23.5 Å². The first-order valence-corrected chi connectivity index (χ1v) is 6.15. The van der Waals surface area contributed by atoms with Gasteiger partial charge in [0.05, 0.1) is 5.92 Å². The van der Waals surface area contributed by atoms with Gasteiger partial charge in [-0.25, -0.2) is 4.98 Å². The third-order valence-electron chi connectivity index (χ3n) is 3.07. The Morgan fingerprint density at radius 1 is 1.26 bits per heavy atom. The summed E-state index contributed by atoms with van der Waals surface area (Å²) in [6, 6.07) is 12.9. The first kappa shape index (κ1) is 13.1. The summed E-state index contributed by atoms with van der Waals surface area (Å²) < 4.78 is 0. The van der Waals surface area contributed by atoms with E-state index in [1.165, 1.54) is 0 Å². The summed E-state index contributed by atoms with van der Waals surface area (Å²) in [6.45, 7) is 0. The highest BCUT2D eigenvalue weighted by molar-refractivity contribution is 5.76. The SMILES string of the molecule is Nc1cc(CCC(C(=O)O)c2ccccc2)ccn1. The average Bonchev–Trinajstić information content (AvgIpc) is 2.40. The van der Waals surface area contributed by atoms with Crippen LogP contribution in [0, 0.1) is 0 Å². The van der Waals surface area contributed by atoms with Gasteiger partial charge in [0.25, 0.3) is 0 Å². The number of hydrogen-bond donors (Lipinski definition) is 2. The van der Waals surface area contributed by atoms with Crippen molar-refractivity contribution in [1.82, 2.24) is 4.98 Å². The molecule has 0 radical (unpaired) electrons. The van der Waals surface area contributed by atoms with Crippen molar-refractivity contribution in [2.75, 3.05) is 5.73 Å². The summed E-state index contributed by atoms with van der Waals surface area (Å²) in [6.07, 6.45) is 2.85. The summed E-state index contributed by atoms with van der Waals surface area (Å²) in [5.74, 6) is -0.826. The number of rotatable bonds is 5. The first-order chi connectivity index (χ1) is 9.16. The molecular weight excluding hydrogens is 240 g/mol. The molecule has 1 heterocycles. The second-order valence-electron chi connectivity index (χ2n) is 4.43. The fraction of sp³-hybridized carbons (Fsp3) is 0.200. The lowest BCUT2D eigenvalue weighted by Gasteiger charge is -2.12. The number of nitrogen functional groups attached to an aromatic ring is 1. The largest absolute Gasteiger partial charge is 0.481 e. The van der Waals surface area contributed by atoms with Gasteiger partial charge in [0.1, 0.15) is 5.82 Å². The lowest BCUT2D eigenvalue weighted by atomic mass is 9.93. The Labute approximate surface area is 111 Å². The molecule has 3 N–H and O–H groups in total. The zero-order chi connectivity index (χ0) is 13.7. The lowest BCUT2D eigenvalue weighted by molar-refractivity contribution is -0.138. The number of pyridine rings is 1. The number of aromatic nitrogens is 1. The summed E-state index contributed by atoms with van der Waals surface area (Å²) in [5.41, 5.74) is 7.45. The van der Waals surface area contributed by atoms with Crippen molar-refractivity contribution in [1.29, 1.82) is 0 Å². The van der Waals surface area contributed by atoms with Gasteiger partial charge in [0, 0.05) is 6.20 Å². The van der Waals surface area contributed by atoms with Gasteiger partial charge in [-0.05, 0) is 36.1 Å². The Bertz CT molecular complexity index is 555. The van der Waals surface area contributed by atoms with Crippen LogP contribution in [0.25, 0.3) is 0 Å². The molecular formula is C15H16N2O2. The molecule has 0 amide bonds. The van der Waals surface area contributed by atoms with E-state index < -0.39 is 11.9 Å². The molecule has 4 heteroatoms. The molecule has 2 rings (SSSR count). The van der Waals surface area contributed by atoms with Gasteiger partial charge in [-0.1, -0.05) is 30.3 Å². The van der Waals surface area contributed by atoms with Gasteiger partial charge >= 0.3 is 5.97 Å². The summed E-state index contributed by atoms with van der Waals surface area (Å²) >= 11 is 0. The molecule has 1 aromatic heterocycles. The van der Waals surface area contributed by atoms with Gasteiger partial charge in [-0.3, -0.25) is 4.79 Å². The van der Waals surface area contributed by atoms with E-state index >= 15 is 0 Å². The highest BCUT2D eigenvalue weighted by atomic mass is 16.4. The van der Waals surface area contributed by atoms with E-state index in [2.05, 4.69) is 4.98 Å². The van der Waals surface area contributed by atoms with Crippen LogP contribution in [-0.4, -0.2) is 16.1 Å². The van der Waals surface area contributed by atoms with Gasteiger partial charge in [0.2, 0.25) is 0 Å². The molecule has 0 aliphatic heterocycles. The Hall–Kier alpha value is -2.36. The number of nitrogens with two attached hydrogens (primary N) is 1. The Morgan fingerprint density at radius 2 is 2.00 bits per heavy atom. The maximum absolute atomic E-state index is 11.4. The van der Waals surface area contributed by atoms with E-state index in [4.69, 9.17) is 5.73 Å². The minimum Gasteiger partial charge on any atom is -0.481 e. The number of nitrogens with zero attached hydrogens (tertiary/aromatic N) is 1. The maximum Gasteiger partial charge on any atom is 0.310 e. The number of carboxylic acids is 1. The van der Waals surface area contributed by atoms with E-state index in [1.54, 1.807) is 12.3 Å². The molecule has 1 atom stereocenters. The van der Waals surface area contributed by atoms with E-state index in [0.717, 1.165) is 11.1 Å². The fourth-order valence-electron chi connectivity index (χ4n) is 2.08. The molecule has 2 aromatic rings. The number of carboxylic acid groups (broad SMARTS) is 1. The molecule has 0 fully saturated rings. The number of carbonyl (C=O) groups is 1. The fourth-order valence-corrected chi connectivity index (χ4v) is 2.08. The minimum atomic E-state index is -0.798. The van der Waals surface area contributed by atoms with Gasteiger partial charge < -0.3 is 10.8 Å². The number of anilines is 1. The minimum absolute atomic E-state index is 0.462. The Kier molecular flexibility index (Phi) is 4.13. The summed E-state index contributed by atoms with van der Waals surface area (Å²) in [7, 11) is 0. The molecule has 0 bridgehead atoms. The van der Waals surface area contributed by atoms with Crippen LogP contribution in [0.15, 0.2) is 48.7 Å². The van der Waals surface area contributed by atoms with Crippen LogP contribution in [0.4, 0.5) is 5.82 Å². The standard InChI is InChI=1S/C15H16N2O2/c16-14-10-11(8-9-17-14)6-7-13(15(18)19)12-4-2-1-3-5-12/h1-5,8-10,13H,6-7H2,(H2,16,17)(H,18,19). The third kappa shape index (κ3) is 3.55. The normalized spacial score (nSPS) is 12.0. The summed E-state index contributed by atoms with van der Waals surface area (Å²) in [4.78, 5) is 15.3. The van der Waals surface area contributed by atoms with Crippen molar-refractivity contribution in [3.05, 3.63) is 59.8 Å². The van der Waals surface area contributed by atoms with E-state index in [1.807, 2.05) is 36.4 Å². The van der Waals surface area contributed by atoms with Crippen molar-refractivity contribution in [2.45, 2.75) is 18.8 Å². The van der Waals surface area contributed by atoms with Gasteiger partial charge in [-0.15, -0.1) is 0 Å². The zero-order valence-electron chi connectivity index (χ0n) is 10.5. The van der Waals surface area contributed by atoms with E-state index in [9.17, 15) is 9.90 Å². The predicted octanol–water partition coefficient (Wildman–Crippen LogP) is 2.46. The second kappa shape index (κ2) is 6.00. The van der Waals surface area contributed by atoms with Crippen LogP contribution in [0.5, 0.6) is 0 Å². The van der Waals surface area contributed by atoms with Crippen LogP contribution in [-0.2, 0) is 11.2 Å². The van der Waals surface area contributed by atoms with Crippen molar-refractivity contribution >= 4 is 11.8 Å². The Balaban J connectivity index is 2.08. The molecule has 1 unspecified atom stereocenters. The quantitative estimate of drug-likeness (QED) is 0.861. The molecule has 0 spiro atoms. The topological polar surface area (TPSA) is 76.2 Å². The van der Waals surface area contributed by atoms with Gasteiger partial charge in [0.15, 0.2) is 0 Å². The van der Waals surface area contributed by atoms with Crippen molar-refractivity contribution in [3.63, 3.8) is 0 Å². The molecule has 0 saturated heterocycles. The monoisotopic (exact) mass is 256 g/mol. The van der Waals surface area contributed by atoms with E-state index in [0.29, 0.717) is 18.7 Å². The predicted molar refractivity (Wildman–Crippen MR) is 73.8 cm³/mol. The first-order valence-electron chi connectivity index (χ1n) is 6.15. The van der Waals surface area contributed by atoms with E-state index in [-0.39, 0.29) is 0 Å². The number of benzene rings is 1. The highest BCUT2D eigenvalue weighted by Gasteiger charge is 2.19. The third-order valence-corrected chi connectivity index (χ3v) is 3.07. The average molecular weight is 256 g/mol. The molecule has 0 aliphatic rings. The number of aliphatic carboxylic acids is 1. The van der Waals surface area contributed by atoms with Crippen molar-refractivity contribution in [3.8, 4) is 0 Å². The number of aryl methyl sites for hydroxylation is 1. The molecule has 19 heavy (non-hydrogen) atoms. The number of hydrogen-bond acceptors (Lipinski definition) is 3. The molecule has 98 valence electrons. The van der Waals surface area contributed by atoms with Crippen LogP contribution < -0.4 is 5.73 Å². The molecule has 4 nitrogen and oxygen atoms in total. The van der Waals surface area contributed by atoms with Gasteiger partial charge in [-0.2, -0.15) is 0 Å². The smallest absolute Gasteiger partial charge is 0.310 e. The Morgan fingerprint density at radius 3 is 2.63 bits per heavy atom. The van der Waals surface area contributed by atoms with Crippen LogP contribution >= 0.6 is 0 Å².